The van der Waals surface area contributed by atoms with Gasteiger partial charge >= 0.3 is 0 Å². The molecule has 6 nitrogen and oxygen atoms in total. The number of rotatable bonds is 8. The van der Waals surface area contributed by atoms with Gasteiger partial charge in [-0.15, -0.1) is 0 Å². The number of aliphatic hydroxyl groups is 1. The highest BCUT2D eigenvalue weighted by molar-refractivity contribution is 6.31. The molecule has 7 heteroatoms. The van der Waals surface area contributed by atoms with E-state index in [0.29, 0.717) is 37.4 Å². The highest BCUT2D eigenvalue weighted by Crippen LogP contribution is 2.35. The third-order valence-corrected chi connectivity index (χ3v) is 6.95. The minimum Gasteiger partial charge on any atom is -0.494 e. The van der Waals surface area contributed by atoms with E-state index in [2.05, 4.69) is 23.1 Å². The number of ether oxygens (including phenoxy) is 2. The summed E-state index contributed by atoms with van der Waals surface area (Å²) in [5.41, 5.74) is 8.74. The maximum absolute atomic E-state index is 11.7. The molecule has 2 aromatic rings. The summed E-state index contributed by atoms with van der Waals surface area (Å²) in [6.07, 6.45) is 2.73. The number of likely N-dealkylation sites (tertiary alicyclic amines) is 1. The maximum atomic E-state index is 11.7. The van der Waals surface area contributed by atoms with Gasteiger partial charge < -0.3 is 20.3 Å². The number of nitrogens with two attached hydrogens (primary N) is 1. The third-order valence-electron chi connectivity index (χ3n) is 6.58. The topological polar surface area (TPSA) is 85.0 Å². The molecule has 33 heavy (non-hydrogen) atoms. The van der Waals surface area contributed by atoms with E-state index in [1.54, 1.807) is 0 Å². The molecule has 0 spiro atoms. The maximum Gasteiger partial charge on any atom is 0.234 e. The summed E-state index contributed by atoms with van der Waals surface area (Å²) in [7, 11) is 0. The zero-order chi connectivity index (χ0) is 23.4. The zero-order valence-corrected chi connectivity index (χ0v) is 19.8. The van der Waals surface area contributed by atoms with Crippen LogP contribution in [-0.4, -0.2) is 53.9 Å². The highest BCUT2D eigenvalue weighted by Gasteiger charge is 2.35. The van der Waals surface area contributed by atoms with E-state index in [1.807, 2.05) is 31.2 Å². The van der Waals surface area contributed by atoms with Crippen LogP contribution >= 0.6 is 11.6 Å². The van der Waals surface area contributed by atoms with E-state index in [1.165, 1.54) is 0 Å². The average molecular weight is 473 g/mol. The summed E-state index contributed by atoms with van der Waals surface area (Å²) in [6.45, 7) is 4.05. The van der Waals surface area contributed by atoms with Gasteiger partial charge in [-0.05, 0) is 67.6 Å². The first-order valence-electron chi connectivity index (χ1n) is 11.8. The molecule has 178 valence electrons. The molecule has 3 N–H and O–H groups in total. The van der Waals surface area contributed by atoms with Crippen LogP contribution in [0.3, 0.4) is 0 Å². The van der Waals surface area contributed by atoms with Crippen LogP contribution in [0.4, 0.5) is 0 Å². The molecular formula is C26H33ClN2O4. The molecule has 0 saturated carbocycles. The molecule has 0 bridgehead atoms. The minimum atomic E-state index is -0.450. The van der Waals surface area contributed by atoms with Crippen LogP contribution in [0.5, 0.6) is 5.75 Å². The molecule has 2 saturated heterocycles. The van der Waals surface area contributed by atoms with Crippen molar-refractivity contribution in [1.82, 2.24) is 4.90 Å². The Hall–Kier alpha value is -2.12. The second-order valence-electron chi connectivity index (χ2n) is 9.03. The van der Waals surface area contributed by atoms with Crippen molar-refractivity contribution >= 4 is 17.5 Å². The Labute approximate surface area is 200 Å². The molecule has 2 heterocycles. The smallest absolute Gasteiger partial charge is 0.234 e. The van der Waals surface area contributed by atoms with Crippen molar-refractivity contribution in [2.75, 3.05) is 19.7 Å². The van der Waals surface area contributed by atoms with Crippen molar-refractivity contribution in [2.45, 2.75) is 63.4 Å². The Morgan fingerprint density at radius 3 is 2.76 bits per heavy atom. The van der Waals surface area contributed by atoms with Crippen molar-refractivity contribution in [2.24, 2.45) is 5.73 Å². The normalized spacial score (nSPS) is 25.8. The Bertz CT molecular complexity index is 952. The Morgan fingerprint density at radius 1 is 1.24 bits per heavy atom. The Balaban J connectivity index is 1.45. The van der Waals surface area contributed by atoms with Crippen molar-refractivity contribution in [3.05, 3.63) is 64.2 Å². The summed E-state index contributed by atoms with van der Waals surface area (Å²) < 4.78 is 11.9. The summed E-state index contributed by atoms with van der Waals surface area (Å²) >= 11 is 6.52. The summed E-state index contributed by atoms with van der Waals surface area (Å²) in [5.74, 6) is 0.574. The standard InChI is InChI=1S/C26H33ClN2O4/c1-2-32-21-8-5-17(6-9-21)12-19-13-18(7-10-23(19)27)25-15-20(30)14-22(33-25)16-29-11-3-4-24(29)26(28)31/h5-10,13,20,22,24-25,30H,2-4,11-12,14-16H2,1H3,(H2,28,31)/t20-,22-,24-,25+/m0/s1. The first-order chi connectivity index (χ1) is 15.9. The van der Waals surface area contributed by atoms with Crippen molar-refractivity contribution in [1.29, 1.82) is 0 Å². The van der Waals surface area contributed by atoms with Gasteiger partial charge in [-0.2, -0.15) is 0 Å². The lowest BCUT2D eigenvalue weighted by molar-refractivity contribution is -0.126. The number of primary amides is 1. The van der Waals surface area contributed by atoms with Crippen LogP contribution in [0.1, 0.15) is 55.4 Å². The molecule has 4 atom stereocenters. The molecule has 1 amide bonds. The second kappa shape index (κ2) is 10.9. The largest absolute Gasteiger partial charge is 0.494 e. The second-order valence-corrected chi connectivity index (χ2v) is 9.44. The van der Waals surface area contributed by atoms with E-state index in [9.17, 15) is 9.90 Å². The predicted octanol–water partition coefficient (Wildman–Crippen LogP) is 3.86. The lowest BCUT2D eigenvalue weighted by Crippen LogP contribution is -2.46. The number of amides is 1. The summed E-state index contributed by atoms with van der Waals surface area (Å²) in [5, 5.41) is 11.3. The number of benzene rings is 2. The van der Waals surface area contributed by atoms with Gasteiger partial charge in [0.1, 0.15) is 5.75 Å². The first kappa shape index (κ1) is 24.0. The lowest BCUT2D eigenvalue weighted by Gasteiger charge is -2.36. The van der Waals surface area contributed by atoms with Gasteiger partial charge in [0, 0.05) is 24.4 Å². The van der Waals surface area contributed by atoms with Crippen LogP contribution in [0.15, 0.2) is 42.5 Å². The molecule has 2 aliphatic heterocycles. The molecule has 0 aromatic heterocycles. The van der Waals surface area contributed by atoms with Crippen molar-refractivity contribution in [3.8, 4) is 5.75 Å². The number of aliphatic hydroxyl groups excluding tert-OH is 1. The molecule has 2 aromatic carbocycles. The Kier molecular flexibility index (Phi) is 7.91. The van der Waals surface area contributed by atoms with E-state index in [4.69, 9.17) is 26.8 Å². The van der Waals surface area contributed by atoms with Crippen LogP contribution < -0.4 is 10.5 Å². The highest BCUT2D eigenvalue weighted by atomic mass is 35.5. The van der Waals surface area contributed by atoms with Gasteiger partial charge in [0.25, 0.3) is 0 Å². The lowest BCUT2D eigenvalue weighted by atomic mass is 9.93. The monoisotopic (exact) mass is 472 g/mol. The molecule has 4 rings (SSSR count). The molecule has 0 radical (unpaired) electrons. The SMILES string of the molecule is CCOc1ccc(Cc2cc([C@H]3C[C@@H](O)C[C@@H](CN4CCC[C@H]4C(N)=O)O3)ccc2Cl)cc1. The van der Waals surface area contributed by atoms with E-state index < -0.39 is 6.10 Å². The van der Waals surface area contributed by atoms with Crippen LogP contribution in [0.2, 0.25) is 5.02 Å². The van der Waals surface area contributed by atoms with Crippen LogP contribution in [0, 0.1) is 0 Å². The number of hydrogen-bond acceptors (Lipinski definition) is 5. The molecule has 0 unspecified atom stereocenters. The quantitative estimate of drug-likeness (QED) is 0.609. The number of carbonyl (C=O) groups is 1. The van der Waals surface area contributed by atoms with Crippen molar-refractivity contribution < 1.29 is 19.4 Å². The van der Waals surface area contributed by atoms with Gasteiger partial charge in [-0.1, -0.05) is 35.9 Å². The molecule has 0 aliphatic carbocycles. The van der Waals surface area contributed by atoms with Crippen LogP contribution in [-0.2, 0) is 16.0 Å². The van der Waals surface area contributed by atoms with Gasteiger partial charge in [0.15, 0.2) is 0 Å². The van der Waals surface area contributed by atoms with Gasteiger partial charge in [-0.3, -0.25) is 9.69 Å². The average Bonchev–Trinajstić information content (AvgIpc) is 3.25. The third kappa shape index (κ3) is 6.07. The number of carbonyl (C=O) groups excluding carboxylic acids is 1. The van der Waals surface area contributed by atoms with E-state index in [-0.39, 0.29) is 24.2 Å². The van der Waals surface area contributed by atoms with E-state index >= 15 is 0 Å². The summed E-state index contributed by atoms with van der Waals surface area (Å²) in [4.78, 5) is 13.8. The van der Waals surface area contributed by atoms with Crippen molar-refractivity contribution in [3.63, 3.8) is 0 Å². The molecule has 2 fully saturated rings. The minimum absolute atomic E-state index is 0.149. The van der Waals surface area contributed by atoms with Gasteiger partial charge in [-0.25, -0.2) is 0 Å². The fraction of sp³-hybridized carbons (Fsp3) is 0.500. The van der Waals surface area contributed by atoms with E-state index in [0.717, 1.165) is 41.8 Å². The molecular weight excluding hydrogens is 440 g/mol. The fourth-order valence-electron chi connectivity index (χ4n) is 4.97. The van der Waals surface area contributed by atoms with Gasteiger partial charge in [0.2, 0.25) is 5.91 Å². The predicted molar refractivity (Wildman–Crippen MR) is 129 cm³/mol. The first-order valence-corrected chi connectivity index (χ1v) is 12.2. The van der Waals surface area contributed by atoms with Crippen LogP contribution in [0.25, 0.3) is 0 Å². The number of nitrogens with zero attached hydrogens (tertiary/aromatic N) is 1. The summed E-state index contributed by atoms with van der Waals surface area (Å²) in [6, 6.07) is 13.8. The zero-order valence-electron chi connectivity index (χ0n) is 19.1. The number of hydrogen-bond donors (Lipinski definition) is 2. The fourth-order valence-corrected chi connectivity index (χ4v) is 5.16. The Morgan fingerprint density at radius 2 is 2.03 bits per heavy atom. The number of halogens is 1. The molecule has 2 aliphatic rings. The van der Waals surface area contributed by atoms with Gasteiger partial charge in [0.05, 0.1) is 31.0 Å².